The fraction of sp³-hybridized carbons (Fsp3) is 0.385. The van der Waals surface area contributed by atoms with Crippen LogP contribution in [0.5, 0.6) is 0 Å². The first-order valence-corrected chi connectivity index (χ1v) is 6.17. The summed E-state index contributed by atoms with van der Waals surface area (Å²) in [5.41, 5.74) is 0.919. The molecule has 5 nitrogen and oxygen atoms in total. The molecule has 2 aromatic heterocycles. The minimum absolute atomic E-state index is 0.795. The van der Waals surface area contributed by atoms with Crippen molar-refractivity contribution in [3.63, 3.8) is 0 Å². The van der Waals surface area contributed by atoms with Crippen molar-refractivity contribution in [1.29, 1.82) is 0 Å². The lowest BCUT2D eigenvalue weighted by Crippen LogP contribution is -2.44. The van der Waals surface area contributed by atoms with E-state index in [2.05, 4.69) is 20.2 Å². The Hall–Kier alpha value is -1.88. The maximum Gasteiger partial charge on any atom is 0.225 e. The zero-order valence-corrected chi connectivity index (χ0v) is 10.4. The summed E-state index contributed by atoms with van der Waals surface area (Å²) in [4.78, 5) is 11.0. The van der Waals surface area contributed by atoms with Crippen molar-refractivity contribution < 1.29 is 4.42 Å². The molecule has 0 aromatic carbocycles. The van der Waals surface area contributed by atoms with Crippen LogP contribution < -0.4 is 10.2 Å². The first kappa shape index (κ1) is 11.2. The van der Waals surface area contributed by atoms with E-state index >= 15 is 0 Å². The second-order valence-corrected chi connectivity index (χ2v) is 4.42. The lowest BCUT2D eigenvalue weighted by molar-refractivity contribution is 0.547. The number of piperazine rings is 1. The summed E-state index contributed by atoms with van der Waals surface area (Å²) in [7, 11) is 0. The van der Waals surface area contributed by atoms with Crippen molar-refractivity contribution in [3.05, 3.63) is 30.3 Å². The average Bonchev–Trinajstić information content (AvgIpc) is 2.87. The van der Waals surface area contributed by atoms with Gasteiger partial charge < -0.3 is 14.6 Å². The Balaban J connectivity index is 1.80. The number of nitrogens with zero attached hydrogens (tertiary/aromatic N) is 3. The number of aryl methyl sites for hydroxylation is 1. The first-order chi connectivity index (χ1) is 8.83. The summed E-state index contributed by atoms with van der Waals surface area (Å²) in [6.07, 6.45) is 3.64. The fourth-order valence-electron chi connectivity index (χ4n) is 2.07. The lowest BCUT2D eigenvalue weighted by atomic mass is 10.3. The van der Waals surface area contributed by atoms with Crippen molar-refractivity contribution in [2.45, 2.75) is 6.92 Å². The van der Waals surface area contributed by atoms with E-state index in [9.17, 15) is 0 Å². The van der Waals surface area contributed by atoms with Crippen LogP contribution in [0.3, 0.4) is 0 Å². The molecule has 0 amide bonds. The van der Waals surface area contributed by atoms with E-state index in [1.165, 1.54) is 0 Å². The molecule has 3 rings (SSSR count). The van der Waals surface area contributed by atoms with E-state index in [0.717, 1.165) is 49.2 Å². The fourth-order valence-corrected chi connectivity index (χ4v) is 2.07. The minimum Gasteiger partial charge on any atom is -0.461 e. The third kappa shape index (κ3) is 2.22. The summed E-state index contributed by atoms with van der Waals surface area (Å²) < 4.78 is 5.55. The van der Waals surface area contributed by atoms with Gasteiger partial charge in [0.25, 0.3) is 0 Å². The number of hydrogen-bond donors (Lipinski definition) is 1. The third-order valence-corrected chi connectivity index (χ3v) is 3.06. The number of rotatable bonds is 2. The van der Waals surface area contributed by atoms with Gasteiger partial charge in [0.1, 0.15) is 11.5 Å². The maximum atomic E-state index is 5.55. The Morgan fingerprint density at radius 3 is 2.50 bits per heavy atom. The molecule has 1 aliphatic rings. The molecule has 94 valence electrons. The number of aromatic nitrogens is 2. The second kappa shape index (κ2) is 4.78. The van der Waals surface area contributed by atoms with Crippen LogP contribution in [0.2, 0.25) is 0 Å². The number of nitrogens with one attached hydrogen (secondary N) is 1. The Bertz CT molecular complexity index is 514. The monoisotopic (exact) mass is 244 g/mol. The average molecular weight is 244 g/mol. The molecule has 0 saturated carbocycles. The van der Waals surface area contributed by atoms with Gasteiger partial charge in [-0.2, -0.15) is 0 Å². The summed E-state index contributed by atoms with van der Waals surface area (Å²) in [6.45, 7) is 5.82. The van der Waals surface area contributed by atoms with Crippen molar-refractivity contribution in [3.8, 4) is 11.3 Å². The topological polar surface area (TPSA) is 54.2 Å². The zero-order valence-electron chi connectivity index (χ0n) is 10.4. The molecule has 0 spiro atoms. The van der Waals surface area contributed by atoms with E-state index < -0.39 is 0 Å². The van der Waals surface area contributed by atoms with Gasteiger partial charge in [0, 0.05) is 38.6 Å². The van der Waals surface area contributed by atoms with Gasteiger partial charge in [-0.3, -0.25) is 0 Å². The van der Waals surface area contributed by atoms with Gasteiger partial charge in [0.2, 0.25) is 5.95 Å². The van der Waals surface area contributed by atoms with Crippen LogP contribution in [0, 0.1) is 6.92 Å². The lowest BCUT2D eigenvalue weighted by Gasteiger charge is -2.27. The Morgan fingerprint density at radius 2 is 1.89 bits per heavy atom. The highest BCUT2D eigenvalue weighted by atomic mass is 16.3. The number of furan rings is 1. The smallest absolute Gasteiger partial charge is 0.225 e. The van der Waals surface area contributed by atoms with Crippen molar-refractivity contribution >= 4 is 5.95 Å². The standard InChI is InChI=1S/C13H16N4O/c1-10-2-3-12(18-10)11-8-15-13(16-9-11)17-6-4-14-5-7-17/h2-3,8-9,14H,4-7H2,1H3. The summed E-state index contributed by atoms with van der Waals surface area (Å²) >= 11 is 0. The molecular weight excluding hydrogens is 228 g/mol. The van der Waals surface area contributed by atoms with Crippen molar-refractivity contribution in [2.75, 3.05) is 31.1 Å². The van der Waals surface area contributed by atoms with Gasteiger partial charge in [-0.15, -0.1) is 0 Å². The third-order valence-electron chi connectivity index (χ3n) is 3.06. The van der Waals surface area contributed by atoms with E-state index in [1.54, 1.807) is 0 Å². The molecular formula is C13H16N4O. The number of hydrogen-bond acceptors (Lipinski definition) is 5. The minimum atomic E-state index is 0.795. The molecule has 1 fully saturated rings. The maximum absolute atomic E-state index is 5.55. The van der Waals surface area contributed by atoms with Gasteiger partial charge in [-0.1, -0.05) is 0 Å². The summed E-state index contributed by atoms with van der Waals surface area (Å²) in [5, 5.41) is 3.31. The Kier molecular flexibility index (Phi) is 2.98. The van der Waals surface area contributed by atoms with Crippen LogP contribution in [0.1, 0.15) is 5.76 Å². The van der Waals surface area contributed by atoms with E-state index in [4.69, 9.17) is 4.42 Å². The van der Waals surface area contributed by atoms with Crippen molar-refractivity contribution in [1.82, 2.24) is 15.3 Å². The molecule has 1 N–H and O–H groups in total. The molecule has 5 heteroatoms. The van der Waals surface area contributed by atoms with Crippen LogP contribution in [-0.4, -0.2) is 36.1 Å². The van der Waals surface area contributed by atoms with Gasteiger partial charge in [0.15, 0.2) is 0 Å². The molecule has 0 aliphatic carbocycles. The van der Waals surface area contributed by atoms with Gasteiger partial charge in [-0.25, -0.2) is 9.97 Å². The van der Waals surface area contributed by atoms with Crippen LogP contribution >= 0.6 is 0 Å². The van der Waals surface area contributed by atoms with E-state index in [1.807, 2.05) is 31.5 Å². The predicted octanol–water partition coefficient (Wildman–Crippen LogP) is 1.45. The van der Waals surface area contributed by atoms with Crippen molar-refractivity contribution in [2.24, 2.45) is 0 Å². The molecule has 0 bridgehead atoms. The predicted molar refractivity (Wildman–Crippen MR) is 69.6 cm³/mol. The van der Waals surface area contributed by atoms with Gasteiger partial charge in [-0.05, 0) is 19.1 Å². The van der Waals surface area contributed by atoms with Crippen LogP contribution in [0.4, 0.5) is 5.95 Å². The van der Waals surface area contributed by atoms with E-state index in [0.29, 0.717) is 0 Å². The normalized spacial score (nSPS) is 15.9. The van der Waals surface area contributed by atoms with Gasteiger partial charge in [0.05, 0.1) is 5.56 Å². The largest absolute Gasteiger partial charge is 0.461 e. The molecule has 1 saturated heterocycles. The van der Waals surface area contributed by atoms with Crippen LogP contribution in [0.15, 0.2) is 28.9 Å². The summed E-state index contributed by atoms with van der Waals surface area (Å²) in [5.74, 6) is 2.51. The Labute approximate surface area is 106 Å². The second-order valence-electron chi connectivity index (χ2n) is 4.42. The number of anilines is 1. The molecule has 2 aromatic rings. The zero-order chi connectivity index (χ0) is 12.4. The van der Waals surface area contributed by atoms with Crippen LogP contribution in [-0.2, 0) is 0 Å². The van der Waals surface area contributed by atoms with E-state index in [-0.39, 0.29) is 0 Å². The highest BCUT2D eigenvalue weighted by Gasteiger charge is 2.13. The highest BCUT2D eigenvalue weighted by Crippen LogP contribution is 2.21. The molecule has 0 radical (unpaired) electrons. The highest BCUT2D eigenvalue weighted by molar-refractivity contribution is 5.56. The first-order valence-electron chi connectivity index (χ1n) is 6.17. The summed E-state index contributed by atoms with van der Waals surface area (Å²) in [6, 6.07) is 3.89. The van der Waals surface area contributed by atoms with Gasteiger partial charge >= 0.3 is 0 Å². The molecule has 0 atom stereocenters. The molecule has 1 aliphatic heterocycles. The molecule has 18 heavy (non-hydrogen) atoms. The molecule has 0 unspecified atom stereocenters. The quantitative estimate of drug-likeness (QED) is 0.866. The SMILES string of the molecule is Cc1ccc(-c2cnc(N3CCNCC3)nc2)o1. The molecule has 3 heterocycles. The van der Waals surface area contributed by atoms with Crippen LogP contribution in [0.25, 0.3) is 11.3 Å². The Morgan fingerprint density at radius 1 is 1.17 bits per heavy atom.